The van der Waals surface area contributed by atoms with E-state index in [9.17, 15) is 0 Å². The molecule has 2 heterocycles. The van der Waals surface area contributed by atoms with E-state index in [1.54, 1.807) is 0 Å². The van der Waals surface area contributed by atoms with Gasteiger partial charge >= 0.3 is 0 Å². The highest BCUT2D eigenvalue weighted by molar-refractivity contribution is 6.30. The lowest BCUT2D eigenvalue weighted by Gasteiger charge is -2.23. The summed E-state index contributed by atoms with van der Waals surface area (Å²) in [7, 11) is 0. The molecule has 0 radical (unpaired) electrons. The Hall–Kier alpha value is -1.49. The minimum absolute atomic E-state index is 0.186. The normalized spacial score (nSPS) is 19.0. The maximum absolute atomic E-state index is 9.16. The van der Waals surface area contributed by atoms with Gasteiger partial charge in [-0.3, -0.25) is 4.90 Å². The number of benzene rings is 1. The van der Waals surface area contributed by atoms with Gasteiger partial charge in [0.25, 0.3) is 0 Å². The molecule has 5 heteroatoms. The molecule has 0 bridgehead atoms. The number of aromatic nitrogens is 2. The van der Waals surface area contributed by atoms with Crippen LogP contribution in [0.3, 0.4) is 0 Å². The molecule has 1 aromatic heterocycles. The van der Waals surface area contributed by atoms with E-state index in [-0.39, 0.29) is 12.6 Å². The van der Waals surface area contributed by atoms with E-state index in [2.05, 4.69) is 9.88 Å². The molecule has 0 saturated carbocycles. The molecule has 3 rings (SSSR count). The number of hydrogen-bond donors (Lipinski definition) is 1. The summed E-state index contributed by atoms with van der Waals surface area (Å²) in [6.07, 6.45) is 4.03. The van der Waals surface area contributed by atoms with Crippen molar-refractivity contribution in [2.45, 2.75) is 18.9 Å². The van der Waals surface area contributed by atoms with E-state index in [1.807, 2.05) is 36.5 Å². The molecule has 1 fully saturated rings. The maximum Gasteiger partial charge on any atom is 0.159 e. The Bertz CT molecular complexity index is 603. The Morgan fingerprint density at radius 2 is 2.05 bits per heavy atom. The Morgan fingerprint density at radius 1 is 1.24 bits per heavy atom. The third kappa shape index (κ3) is 3.23. The molecule has 4 nitrogen and oxygen atoms in total. The first kappa shape index (κ1) is 14.4. The number of β-amino-alcohol motifs (C(OH)–C–C–N with tert-alkyl or cyclic N) is 1. The van der Waals surface area contributed by atoms with Gasteiger partial charge in [-0.1, -0.05) is 11.6 Å². The molecule has 0 aliphatic carbocycles. The number of aliphatic hydroxyl groups is 1. The maximum atomic E-state index is 9.16. The second-order valence-electron chi connectivity index (χ2n) is 5.23. The molecule has 1 N–H and O–H groups in total. The number of aliphatic hydroxyl groups excluding tert-OH is 1. The summed E-state index contributed by atoms with van der Waals surface area (Å²) in [6.45, 7) is 1.90. The Balaban J connectivity index is 1.87. The molecule has 1 saturated heterocycles. The van der Waals surface area contributed by atoms with Crippen LogP contribution in [0.4, 0.5) is 0 Å². The fourth-order valence-corrected chi connectivity index (χ4v) is 2.98. The quantitative estimate of drug-likeness (QED) is 0.943. The van der Waals surface area contributed by atoms with Crippen molar-refractivity contribution in [1.82, 2.24) is 14.9 Å². The lowest BCUT2D eigenvalue weighted by atomic mass is 10.1. The van der Waals surface area contributed by atoms with Gasteiger partial charge in [-0.25, -0.2) is 9.97 Å². The lowest BCUT2D eigenvalue weighted by Crippen LogP contribution is -2.27. The summed E-state index contributed by atoms with van der Waals surface area (Å²) >= 11 is 5.92. The van der Waals surface area contributed by atoms with Gasteiger partial charge < -0.3 is 5.11 Å². The summed E-state index contributed by atoms with van der Waals surface area (Å²) in [6, 6.07) is 9.82. The molecule has 0 spiro atoms. The van der Waals surface area contributed by atoms with Gasteiger partial charge in [0, 0.05) is 23.3 Å². The molecular weight excluding hydrogens is 286 g/mol. The minimum atomic E-state index is 0.186. The molecule has 1 aliphatic rings. The van der Waals surface area contributed by atoms with Crippen molar-refractivity contribution in [2.75, 3.05) is 19.7 Å². The molecule has 1 unspecified atom stereocenters. The van der Waals surface area contributed by atoms with E-state index in [1.165, 1.54) is 0 Å². The molecule has 1 aromatic carbocycles. The van der Waals surface area contributed by atoms with Crippen molar-refractivity contribution in [3.63, 3.8) is 0 Å². The SMILES string of the molecule is OCCN1CCCC1c1ccnc(-c2ccc(Cl)cc2)n1. The molecule has 110 valence electrons. The summed E-state index contributed by atoms with van der Waals surface area (Å²) in [5, 5.41) is 9.87. The summed E-state index contributed by atoms with van der Waals surface area (Å²) in [4.78, 5) is 11.4. The van der Waals surface area contributed by atoms with Crippen LogP contribution in [0.25, 0.3) is 11.4 Å². The van der Waals surface area contributed by atoms with E-state index in [0.717, 1.165) is 36.5 Å². The largest absolute Gasteiger partial charge is 0.395 e. The van der Waals surface area contributed by atoms with Crippen LogP contribution in [0.5, 0.6) is 0 Å². The smallest absolute Gasteiger partial charge is 0.159 e. The minimum Gasteiger partial charge on any atom is -0.395 e. The molecule has 0 amide bonds. The number of nitrogens with zero attached hydrogens (tertiary/aromatic N) is 3. The second kappa shape index (κ2) is 6.52. The van der Waals surface area contributed by atoms with Crippen LogP contribution < -0.4 is 0 Å². The first-order chi connectivity index (χ1) is 10.3. The summed E-state index contributed by atoms with van der Waals surface area (Å²) < 4.78 is 0. The van der Waals surface area contributed by atoms with E-state index in [0.29, 0.717) is 11.6 Å². The molecular formula is C16H18ClN3O. The zero-order valence-electron chi connectivity index (χ0n) is 11.7. The Kier molecular flexibility index (Phi) is 4.48. The highest BCUT2D eigenvalue weighted by Gasteiger charge is 2.26. The first-order valence-corrected chi connectivity index (χ1v) is 7.59. The molecule has 1 atom stereocenters. The van der Waals surface area contributed by atoms with E-state index in [4.69, 9.17) is 21.7 Å². The van der Waals surface area contributed by atoms with Crippen molar-refractivity contribution in [1.29, 1.82) is 0 Å². The highest BCUT2D eigenvalue weighted by atomic mass is 35.5. The van der Waals surface area contributed by atoms with Crippen molar-refractivity contribution in [2.24, 2.45) is 0 Å². The second-order valence-corrected chi connectivity index (χ2v) is 5.67. The summed E-state index contributed by atoms with van der Waals surface area (Å²) in [5.41, 5.74) is 1.99. The van der Waals surface area contributed by atoms with Gasteiger partial charge in [0.1, 0.15) is 0 Å². The van der Waals surface area contributed by atoms with E-state index >= 15 is 0 Å². The third-order valence-corrected chi connectivity index (χ3v) is 4.12. The van der Waals surface area contributed by atoms with Crippen LogP contribution in [-0.4, -0.2) is 39.7 Å². The van der Waals surface area contributed by atoms with Gasteiger partial charge in [0.2, 0.25) is 0 Å². The van der Waals surface area contributed by atoms with Crippen molar-refractivity contribution < 1.29 is 5.11 Å². The van der Waals surface area contributed by atoms with Crippen LogP contribution in [-0.2, 0) is 0 Å². The van der Waals surface area contributed by atoms with Gasteiger partial charge in [-0.15, -0.1) is 0 Å². The fourth-order valence-electron chi connectivity index (χ4n) is 2.85. The van der Waals surface area contributed by atoms with Crippen molar-refractivity contribution >= 4 is 11.6 Å². The predicted molar refractivity (Wildman–Crippen MR) is 83.1 cm³/mol. The average molecular weight is 304 g/mol. The van der Waals surface area contributed by atoms with Crippen LogP contribution in [0, 0.1) is 0 Å². The Morgan fingerprint density at radius 3 is 2.81 bits per heavy atom. The number of hydrogen-bond acceptors (Lipinski definition) is 4. The number of halogens is 1. The third-order valence-electron chi connectivity index (χ3n) is 3.87. The first-order valence-electron chi connectivity index (χ1n) is 7.22. The van der Waals surface area contributed by atoms with Crippen LogP contribution >= 0.6 is 11.6 Å². The Labute approximate surface area is 129 Å². The zero-order valence-corrected chi connectivity index (χ0v) is 12.5. The van der Waals surface area contributed by atoms with Crippen LogP contribution in [0.2, 0.25) is 5.02 Å². The van der Waals surface area contributed by atoms with Crippen molar-refractivity contribution in [3.05, 3.63) is 47.2 Å². The van der Waals surface area contributed by atoms with E-state index < -0.39 is 0 Å². The van der Waals surface area contributed by atoms with Crippen molar-refractivity contribution in [3.8, 4) is 11.4 Å². The van der Waals surface area contributed by atoms with Crippen LogP contribution in [0.1, 0.15) is 24.6 Å². The monoisotopic (exact) mass is 303 g/mol. The summed E-state index contributed by atoms with van der Waals surface area (Å²) in [5.74, 6) is 0.722. The molecule has 1 aliphatic heterocycles. The molecule has 2 aromatic rings. The van der Waals surface area contributed by atoms with Gasteiger partial charge in [0.05, 0.1) is 18.3 Å². The highest BCUT2D eigenvalue weighted by Crippen LogP contribution is 2.31. The predicted octanol–water partition coefficient (Wildman–Crippen LogP) is 2.93. The average Bonchev–Trinajstić information content (AvgIpc) is 2.97. The molecule has 21 heavy (non-hydrogen) atoms. The zero-order chi connectivity index (χ0) is 14.7. The standard InChI is InChI=1S/C16H18ClN3O/c17-13-5-3-12(4-6-13)16-18-8-7-14(19-16)15-2-1-9-20(15)10-11-21/h3-8,15,21H,1-2,9-11H2. The number of likely N-dealkylation sites (tertiary alicyclic amines) is 1. The van der Waals surface area contributed by atoms with Gasteiger partial charge in [-0.2, -0.15) is 0 Å². The lowest BCUT2D eigenvalue weighted by molar-refractivity contribution is 0.183. The topological polar surface area (TPSA) is 49.2 Å². The van der Waals surface area contributed by atoms with Gasteiger partial charge in [0.15, 0.2) is 5.82 Å². The van der Waals surface area contributed by atoms with Crippen LogP contribution in [0.15, 0.2) is 36.5 Å². The number of rotatable bonds is 4. The fraction of sp³-hybridized carbons (Fsp3) is 0.375. The van der Waals surface area contributed by atoms with Gasteiger partial charge in [-0.05, 0) is 49.7 Å².